The molecule has 2 heterocycles. The number of carbonyl (C=O) groups is 1. The molecule has 7 nitrogen and oxygen atoms in total. The van der Waals surface area contributed by atoms with Crippen LogP contribution in [0.1, 0.15) is 24.3 Å². The summed E-state index contributed by atoms with van der Waals surface area (Å²) in [7, 11) is 0. The molecule has 0 amide bonds. The number of hydrogen-bond acceptors (Lipinski definition) is 7. The summed E-state index contributed by atoms with van der Waals surface area (Å²) in [5.74, 6) is -1.45. The number of hydroxylamine groups is 1. The van der Waals surface area contributed by atoms with Crippen molar-refractivity contribution in [3.05, 3.63) is 16.0 Å². The van der Waals surface area contributed by atoms with E-state index in [0.29, 0.717) is 13.2 Å². The van der Waals surface area contributed by atoms with Crippen molar-refractivity contribution < 1.29 is 38.3 Å². The zero-order valence-corrected chi connectivity index (χ0v) is 13.3. The van der Waals surface area contributed by atoms with Crippen LogP contribution in [0.3, 0.4) is 0 Å². The summed E-state index contributed by atoms with van der Waals surface area (Å²) < 4.78 is 5.04. The molecule has 1 aliphatic rings. The van der Waals surface area contributed by atoms with Crippen molar-refractivity contribution in [1.82, 2.24) is 9.97 Å². The maximum absolute atomic E-state index is 11.0. The molecule has 110 valence electrons. The first-order valence-corrected chi connectivity index (χ1v) is 6.64. The SMILES string of the molecule is CC(C)N(OC[C@@H]1CO1)c1nc(Cl)nc(C(=O)[O-])c1Cl.[Li+]. The van der Waals surface area contributed by atoms with E-state index in [1.54, 1.807) is 0 Å². The van der Waals surface area contributed by atoms with Gasteiger partial charge in [-0.15, -0.1) is 0 Å². The summed E-state index contributed by atoms with van der Waals surface area (Å²) >= 11 is 11.7. The summed E-state index contributed by atoms with van der Waals surface area (Å²) in [4.78, 5) is 24.0. The van der Waals surface area contributed by atoms with Gasteiger partial charge in [-0.05, 0) is 25.4 Å². The van der Waals surface area contributed by atoms with Crippen molar-refractivity contribution in [2.75, 3.05) is 18.3 Å². The molecule has 1 aromatic rings. The fourth-order valence-corrected chi connectivity index (χ4v) is 1.88. The molecule has 21 heavy (non-hydrogen) atoms. The minimum Gasteiger partial charge on any atom is -0.543 e. The van der Waals surface area contributed by atoms with Gasteiger partial charge in [0.15, 0.2) is 5.82 Å². The number of halogens is 2. The summed E-state index contributed by atoms with van der Waals surface area (Å²) in [6.45, 7) is 4.61. The number of ether oxygens (including phenoxy) is 1. The van der Waals surface area contributed by atoms with Crippen molar-refractivity contribution in [3.8, 4) is 0 Å². The fraction of sp³-hybridized carbons (Fsp3) is 0.545. The zero-order chi connectivity index (χ0) is 14.9. The number of anilines is 1. The third kappa shape index (κ3) is 4.71. The second-order valence-electron chi connectivity index (χ2n) is 4.44. The van der Waals surface area contributed by atoms with Crippen LogP contribution in [0, 0.1) is 0 Å². The Hall–Kier alpha value is -0.553. The van der Waals surface area contributed by atoms with Gasteiger partial charge in [0.2, 0.25) is 5.28 Å². The van der Waals surface area contributed by atoms with Crippen LogP contribution < -0.4 is 29.0 Å². The number of aromatic carboxylic acids is 1. The molecular weight excluding hydrogens is 316 g/mol. The molecule has 0 N–H and O–H groups in total. The molecule has 0 radical (unpaired) electrons. The minimum atomic E-state index is -1.53. The standard InChI is InChI=1S/C11H13Cl2N3O4.Li/c1-5(2)16(20-4-6-3-19-6)9-7(12)8(10(17)18)14-11(13)15-9;/h5-6H,3-4H2,1-2H3,(H,17,18);/q;+1/p-1/t6-;/m0./s1. The summed E-state index contributed by atoms with van der Waals surface area (Å²) in [6, 6.07) is -0.146. The number of rotatable bonds is 6. The second kappa shape index (κ2) is 7.63. The first-order chi connectivity index (χ1) is 9.40. The van der Waals surface area contributed by atoms with Crippen LogP contribution in [0.4, 0.5) is 5.82 Å². The molecule has 1 atom stereocenters. The largest absolute Gasteiger partial charge is 1.00 e. The van der Waals surface area contributed by atoms with E-state index in [2.05, 4.69) is 9.97 Å². The molecule has 2 rings (SSSR count). The number of hydrogen-bond donors (Lipinski definition) is 0. The van der Waals surface area contributed by atoms with Gasteiger partial charge in [0.05, 0.1) is 18.6 Å². The van der Waals surface area contributed by atoms with Gasteiger partial charge in [0.1, 0.15) is 23.4 Å². The van der Waals surface area contributed by atoms with Crippen LogP contribution in [0.25, 0.3) is 0 Å². The summed E-state index contributed by atoms with van der Waals surface area (Å²) in [5, 5.41) is 11.9. The van der Waals surface area contributed by atoms with Crippen molar-refractivity contribution in [2.24, 2.45) is 0 Å². The molecule has 1 fully saturated rings. The molecule has 1 aromatic heterocycles. The molecule has 10 heteroatoms. The van der Waals surface area contributed by atoms with E-state index in [0.717, 1.165) is 0 Å². The fourth-order valence-electron chi connectivity index (χ4n) is 1.47. The van der Waals surface area contributed by atoms with Gasteiger partial charge in [0.25, 0.3) is 0 Å². The maximum Gasteiger partial charge on any atom is 1.00 e. The van der Waals surface area contributed by atoms with E-state index in [1.807, 2.05) is 13.8 Å². The zero-order valence-electron chi connectivity index (χ0n) is 11.8. The molecule has 0 spiro atoms. The third-order valence-corrected chi connectivity index (χ3v) is 3.00. The number of nitrogens with zero attached hydrogens (tertiary/aromatic N) is 3. The van der Waals surface area contributed by atoms with Gasteiger partial charge in [-0.2, -0.15) is 4.98 Å². The Bertz CT molecular complexity index is 528. The van der Waals surface area contributed by atoms with E-state index < -0.39 is 11.7 Å². The molecule has 0 unspecified atom stereocenters. The van der Waals surface area contributed by atoms with Gasteiger partial charge < -0.3 is 14.6 Å². The Morgan fingerprint density at radius 2 is 2.14 bits per heavy atom. The first kappa shape index (κ1) is 18.5. The molecule has 0 aromatic carbocycles. The number of aromatic nitrogens is 2. The molecule has 0 aliphatic carbocycles. The van der Waals surface area contributed by atoms with Crippen LogP contribution >= 0.6 is 23.2 Å². The molecule has 0 bridgehead atoms. The van der Waals surface area contributed by atoms with Gasteiger partial charge >= 0.3 is 18.9 Å². The number of carboxylic acid groups (broad SMARTS) is 1. The third-order valence-electron chi connectivity index (χ3n) is 2.48. The van der Waals surface area contributed by atoms with Crippen molar-refractivity contribution in [3.63, 3.8) is 0 Å². The molecule has 0 saturated carbocycles. The topological polar surface area (TPSA) is 90.9 Å². The van der Waals surface area contributed by atoms with E-state index in [-0.39, 0.29) is 47.1 Å². The van der Waals surface area contributed by atoms with Crippen molar-refractivity contribution in [1.29, 1.82) is 0 Å². The van der Waals surface area contributed by atoms with Crippen molar-refractivity contribution >= 4 is 35.0 Å². The average molecular weight is 328 g/mol. The quantitative estimate of drug-likeness (QED) is 0.251. The first-order valence-electron chi connectivity index (χ1n) is 5.88. The minimum absolute atomic E-state index is 0. The summed E-state index contributed by atoms with van der Waals surface area (Å²) in [5.41, 5.74) is -0.474. The predicted octanol–water partition coefficient (Wildman–Crippen LogP) is -2.30. The van der Waals surface area contributed by atoms with Crippen LogP contribution in [-0.4, -0.2) is 41.3 Å². The Morgan fingerprint density at radius 3 is 2.62 bits per heavy atom. The van der Waals surface area contributed by atoms with Crippen molar-refractivity contribution in [2.45, 2.75) is 26.0 Å². The van der Waals surface area contributed by atoms with E-state index in [4.69, 9.17) is 32.8 Å². The second-order valence-corrected chi connectivity index (χ2v) is 5.15. The smallest absolute Gasteiger partial charge is 0.543 e. The van der Waals surface area contributed by atoms with E-state index in [9.17, 15) is 9.90 Å². The van der Waals surface area contributed by atoms with Gasteiger partial charge in [-0.3, -0.25) is 4.84 Å². The van der Waals surface area contributed by atoms with Crippen LogP contribution in [0.15, 0.2) is 0 Å². The van der Waals surface area contributed by atoms with Crippen LogP contribution in [0.2, 0.25) is 10.3 Å². The van der Waals surface area contributed by atoms with Crippen LogP contribution in [-0.2, 0) is 9.57 Å². The van der Waals surface area contributed by atoms with E-state index in [1.165, 1.54) is 5.06 Å². The maximum atomic E-state index is 11.0. The molecule has 1 saturated heterocycles. The van der Waals surface area contributed by atoms with Gasteiger partial charge in [-0.25, -0.2) is 10.0 Å². The molecule has 1 aliphatic heterocycles. The molecular formula is C11H12Cl2LiN3O4. The Morgan fingerprint density at radius 1 is 1.52 bits per heavy atom. The van der Waals surface area contributed by atoms with Gasteiger partial charge in [-0.1, -0.05) is 11.6 Å². The monoisotopic (exact) mass is 327 g/mol. The van der Waals surface area contributed by atoms with Gasteiger partial charge in [0, 0.05) is 0 Å². The Labute approximate surface area is 143 Å². The Balaban J connectivity index is 0.00000220. The van der Waals surface area contributed by atoms with E-state index >= 15 is 0 Å². The predicted molar refractivity (Wildman–Crippen MR) is 69.7 cm³/mol. The number of epoxide rings is 1. The average Bonchev–Trinajstić information content (AvgIpc) is 3.16. The van der Waals surface area contributed by atoms with Crippen LogP contribution in [0.5, 0.6) is 0 Å². The number of carbonyl (C=O) groups excluding carboxylic acids is 1. The Kier molecular flexibility index (Phi) is 6.72. The normalized spacial score (nSPS) is 16.5. The number of carboxylic acids is 1. The summed E-state index contributed by atoms with van der Waals surface area (Å²) in [6.07, 6.45) is 0.0351.